The van der Waals surface area contributed by atoms with Crippen LogP contribution in [0.1, 0.15) is 48.7 Å². The number of nitrogens with one attached hydrogen (secondary N) is 2. The Morgan fingerprint density at radius 2 is 2.03 bits per heavy atom. The molecule has 1 aromatic carbocycles. The minimum atomic E-state index is -0.235. The number of carbonyl (C=O) groups is 3. The van der Waals surface area contributed by atoms with Crippen molar-refractivity contribution in [2.45, 2.75) is 39.2 Å². The molecule has 2 aromatic rings. The van der Waals surface area contributed by atoms with Crippen molar-refractivity contribution in [2.24, 2.45) is 5.92 Å². The monoisotopic (exact) mass is 408 g/mol. The predicted molar refractivity (Wildman–Crippen MR) is 115 cm³/mol. The van der Waals surface area contributed by atoms with E-state index in [0.717, 1.165) is 25.0 Å². The Bertz CT molecular complexity index is 885. The second-order valence-corrected chi connectivity index (χ2v) is 7.50. The first-order valence-electron chi connectivity index (χ1n) is 10.4. The number of anilines is 1. The number of piperidine rings is 1. The van der Waals surface area contributed by atoms with Crippen LogP contribution in [-0.4, -0.2) is 40.7 Å². The number of hydrogen-bond acceptors (Lipinski definition) is 4. The largest absolute Gasteiger partial charge is 0.346 e. The average molecular weight is 409 g/mol. The van der Waals surface area contributed by atoms with E-state index in [1.165, 1.54) is 0 Å². The molecule has 158 valence electrons. The molecule has 0 spiro atoms. The van der Waals surface area contributed by atoms with Crippen LogP contribution in [0.15, 0.2) is 48.7 Å². The Kier molecular flexibility index (Phi) is 7.54. The zero-order valence-corrected chi connectivity index (χ0v) is 17.3. The molecule has 0 aliphatic carbocycles. The van der Waals surface area contributed by atoms with Crippen molar-refractivity contribution in [1.29, 1.82) is 0 Å². The highest BCUT2D eigenvalue weighted by Gasteiger charge is 2.28. The SMILES string of the molecule is CCCC(=O)N1CCCC(C(=O)Nc2cccc(C(=O)NCc3ccccn3)c2)C1. The predicted octanol–water partition coefficient (Wildman–Crippen LogP) is 2.99. The third-order valence-electron chi connectivity index (χ3n) is 5.16. The van der Waals surface area contributed by atoms with E-state index in [2.05, 4.69) is 15.6 Å². The number of pyridine rings is 1. The van der Waals surface area contributed by atoms with Crippen molar-refractivity contribution in [3.8, 4) is 0 Å². The lowest BCUT2D eigenvalue weighted by Gasteiger charge is -2.32. The number of likely N-dealkylation sites (tertiary alicyclic amines) is 1. The molecule has 0 bridgehead atoms. The summed E-state index contributed by atoms with van der Waals surface area (Å²) < 4.78 is 0. The van der Waals surface area contributed by atoms with Crippen LogP contribution in [0, 0.1) is 5.92 Å². The summed E-state index contributed by atoms with van der Waals surface area (Å²) in [7, 11) is 0. The van der Waals surface area contributed by atoms with Crippen molar-refractivity contribution >= 4 is 23.4 Å². The summed E-state index contributed by atoms with van der Waals surface area (Å²) in [6.45, 7) is 3.48. The van der Waals surface area contributed by atoms with Crippen LogP contribution >= 0.6 is 0 Å². The minimum absolute atomic E-state index is 0.113. The van der Waals surface area contributed by atoms with Crippen LogP contribution in [0.2, 0.25) is 0 Å². The van der Waals surface area contributed by atoms with Gasteiger partial charge in [-0.3, -0.25) is 19.4 Å². The summed E-state index contributed by atoms with van der Waals surface area (Å²) in [5.74, 6) is -0.469. The molecule has 1 aliphatic heterocycles. The van der Waals surface area contributed by atoms with Gasteiger partial charge in [0.2, 0.25) is 11.8 Å². The lowest BCUT2D eigenvalue weighted by molar-refractivity contribution is -0.134. The maximum absolute atomic E-state index is 12.7. The molecule has 1 aromatic heterocycles. The van der Waals surface area contributed by atoms with Gasteiger partial charge in [-0.15, -0.1) is 0 Å². The number of benzene rings is 1. The molecular weight excluding hydrogens is 380 g/mol. The highest BCUT2D eigenvalue weighted by molar-refractivity contribution is 5.97. The second kappa shape index (κ2) is 10.5. The van der Waals surface area contributed by atoms with E-state index in [9.17, 15) is 14.4 Å². The molecule has 7 heteroatoms. The van der Waals surface area contributed by atoms with Gasteiger partial charge in [-0.1, -0.05) is 19.1 Å². The van der Waals surface area contributed by atoms with Gasteiger partial charge in [-0.2, -0.15) is 0 Å². The van der Waals surface area contributed by atoms with Gasteiger partial charge >= 0.3 is 0 Å². The van der Waals surface area contributed by atoms with Gasteiger partial charge in [0.15, 0.2) is 0 Å². The van der Waals surface area contributed by atoms with E-state index in [-0.39, 0.29) is 23.6 Å². The van der Waals surface area contributed by atoms with Crippen molar-refractivity contribution in [1.82, 2.24) is 15.2 Å². The minimum Gasteiger partial charge on any atom is -0.346 e. The normalized spacial score (nSPS) is 16.0. The fourth-order valence-corrected chi connectivity index (χ4v) is 3.55. The Labute approximate surface area is 176 Å². The molecule has 30 heavy (non-hydrogen) atoms. The summed E-state index contributed by atoms with van der Waals surface area (Å²) in [6, 6.07) is 12.4. The summed E-state index contributed by atoms with van der Waals surface area (Å²) in [6.07, 6.45) is 4.58. The Balaban J connectivity index is 1.57. The zero-order chi connectivity index (χ0) is 21.3. The molecule has 1 fully saturated rings. The fraction of sp³-hybridized carbons (Fsp3) is 0.391. The number of hydrogen-bond donors (Lipinski definition) is 2. The highest BCUT2D eigenvalue weighted by atomic mass is 16.2. The maximum atomic E-state index is 12.7. The molecular formula is C23H28N4O3. The van der Waals surface area contributed by atoms with Gasteiger partial charge in [0.05, 0.1) is 18.2 Å². The topological polar surface area (TPSA) is 91.4 Å². The highest BCUT2D eigenvalue weighted by Crippen LogP contribution is 2.20. The third kappa shape index (κ3) is 5.89. The quantitative estimate of drug-likeness (QED) is 0.737. The smallest absolute Gasteiger partial charge is 0.251 e. The van der Waals surface area contributed by atoms with Crippen LogP contribution in [0.25, 0.3) is 0 Å². The van der Waals surface area contributed by atoms with Crippen molar-refractivity contribution in [3.63, 3.8) is 0 Å². The van der Waals surface area contributed by atoms with Gasteiger partial charge < -0.3 is 15.5 Å². The van der Waals surface area contributed by atoms with Gasteiger partial charge in [0, 0.05) is 37.0 Å². The molecule has 7 nitrogen and oxygen atoms in total. The standard InChI is InChI=1S/C23H28N4O3/c1-2-7-21(28)27-13-6-9-18(16-27)23(30)26-19-11-5-8-17(14-19)22(29)25-15-20-10-3-4-12-24-20/h3-5,8,10-12,14,18H,2,6-7,9,13,15-16H2,1H3,(H,25,29)(H,26,30). The van der Waals surface area contributed by atoms with Crippen molar-refractivity contribution in [2.75, 3.05) is 18.4 Å². The van der Waals surface area contributed by atoms with Gasteiger partial charge in [0.25, 0.3) is 5.91 Å². The van der Waals surface area contributed by atoms with E-state index < -0.39 is 0 Å². The third-order valence-corrected chi connectivity index (χ3v) is 5.16. The molecule has 1 atom stereocenters. The lowest BCUT2D eigenvalue weighted by atomic mass is 9.96. The summed E-state index contributed by atoms with van der Waals surface area (Å²) in [4.78, 5) is 43.3. The molecule has 2 N–H and O–H groups in total. The van der Waals surface area contributed by atoms with Crippen molar-refractivity contribution < 1.29 is 14.4 Å². The molecule has 3 rings (SSSR count). The van der Waals surface area contributed by atoms with E-state index in [1.807, 2.05) is 25.1 Å². The Hall–Kier alpha value is -3.22. The number of nitrogens with zero attached hydrogens (tertiary/aromatic N) is 2. The molecule has 0 radical (unpaired) electrons. The first-order valence-corrected chi connectivity index (χ1v) is 10.4. The zero-order valence-electron chi connectivity index (χ0n) is 17.3. The summed E-state index contributed by atoms with van der Waals surface area (Å²) in [5.41, 5.74) is 1.81. The number of carbonyl (C=O) groups excluding carboxylic acids is 3. The van der Waals surface area contributed by atoms with E-state index in [1.54, 1.807) is 35.4 Å². The van der Waals surface area contributed by atoms with Gasteiger partial charge in [0.1, 0.15) is 0 Å². The average Bonchev–Trinajstić information content (AvgIpc) is 2.78. The first kappa shape index (κ1) is 21.5. The molecule has 1 saturated heterocycles. The number of amides is 3. The van der Waals surface area contributed by atoms with Crippen LogP contribution in [0.4, 0.5) is 5.69 Å². The Morgan fingerprint density at radius 3 is 2.80 bits per heavy atom. The summed E-state index contributed by atoms with van der Waals surface area (Å²) in [5, 5.41) is 5.73. The molecule has 3 amide bonds. The van der Waals surface area contributed by atoms with Crippen molar-refractivity contribution in [3.05, 3.63) is 59.9 Å². The molecule has 2 heterocycles. The second-order valence-electron chi connectivity index (χ2n) is 7.50. The molecule has 1 aliphatic rings. The summed E-state index contributed by atoms with van der Waals surface area (Å²) >= 11 is 0. The molecule has 1 unspecified atom stereocenters. The van der Waals surface area contributed by atoms with Crippen LogP contribution in [0.3, 0.4) is 0 Å². The maximum Gasteiger partial charge on any atom is 0.251 e. The van der Waals surface area contributed by atoms with Crippen LogP contribution in [-0.2, 0) is 16.1 Å². The molecule has 0 saturated carbocycles. The first-order chi connectivity index (χ1) is 14.6. The van der Waals surface area contributed by atoms with Crippen LogP contribution < -0.4 is 10.6 Å². The van der Waals surface area contributed by atoms with Crippen LogP contribution in [0.5, 0.6) is 0 Å². The van der Waals surface area contributed by atoms with E-state index in [4.69, 9.17) is 0 Å². The van der Waals surface area contributed by atoms with E-state index in [0.29, 0.717) is 37.3 Å². The Morgan fingerprint density at radius 1 is 1.17 bits per heavy atom. The number of rotatable bonds is 7. The van der Waals surface area contributed by atoms with Gasteiger partial charge in [-0.25, -0.2) is 0 Å². The fourth-order valence-electron chi connectivity index (χ4n) is 3.55. The van der Waals surface area contributed by atoms with Gasteiger partial charge in [-0.05, 0) is 49.6 Å². The lowest BCUT2D eigenvalue weighted by Crippen LogP contribution is -2.43. The van der Waals surface area contributed by atoms with E-state index >= 15 is 0 Å². The number of aromatic nitrogens is 1.